The normalized spacial score (nSPS) is 9.78. The Morgan fingerprint density at radius 1 is 0.704 bits per heavy atom. The molecule has 0 spiro atoms. The Morgan fingerprint density at radius 3 is 1.41 bits per heavy atom. The zero-order chi connectivity index (χ0) is 19.5. The molecule has 2 aromatic rings. The SMILES string of the molecule is C=CCNC(=S)Nc1ccc(Cc2ccc(NC(=S)NCC=C)cc2)cc1. The van der Waals surface area contributed by atoms with Gasteiger partial charge in [0.15, 0.2) is 10.2 Å². The van der Waals surface area contributed by atoms with Crippen LogP contribution in [-0.4, -0.2) is 23.3 Å². The van der Waals surface area contributed by atoms with E-state index in [0.29, 0.717) is 23.3 Å². The Kier molecular flexibility index (Phi) is 8.48. The van der Waals surface area contributed by atoms with Gasteiger partial charge in [0, 0.05) is 24.5 Å². The van der Waals surface area contributed by atoms with Gasteiger partial charge in [-0.15, -0.1) is 13.2 Å². The van der Waals surface area contributed by atoms with Crippen molar-refractivity contribution < 1.29 is 0 Å². The first-order valence-corrected chi connectivity index (χ1v) is 9.41. The summed E-state index contributed by atoms with van der Waals surface area (Å²) in [5, 5.41) is 13.6. The van der Waals surface area contributed by atoms with E-state index in [1.807, 2.05) is 24.3 Å². The highest BCUT2D eigenvalue weighted by Gasteiger charge is 2.01. The number of hydrogen-bond acceptors (Lipinski definition) is 2. The molecule has 0 saturated heterocycles. The monoisotopic (exact) mass is 396 g/mol. The Labute approximate surface area is 171 Å². The standard InChI is InChI=1S/C21H24N4S2/c1-3-13-22-20(26)24-18-9-5-16(6-10-18)15-17-7-11-19(12-8-17)25-21(27)23-14-4-2/h3-12H,1-2,13-15H2,(H2,22,24,26)(H2,23,25,27). The fourth-order valence-corrected chi connectivity index (χ4v) is 2.73. The van der Waals surface area contributed by atoms with Crippen LogP contribution in [0, 0.1) is 0 Å². The van der Waals surface area contributed by atoms with Gasteiger partial charge in [0.2, 0.25) is 0 Å². The number of anilines is 2. The Balaban J connectivity index is 1.87. The summed E-state index contributed by atoms with van der Waals surface area (Å²) in [6, 6.07) is 16.5. The van der Waals surface area contributed by atoms with Crippen LogP contribution in [0.3, 0.4) is 0 Å². The highest BCUT2D eigenvalue weighted by Crippen LogP contribution is 2.16. The van der Waals surface area contributed by atoms with E-state index in [4.69, 9.17) is 24.4 Å². The molecule has 0 aliphatic rings. The lowest BCUT2D eigenvalue weighted by Gasteiger charge is -2.11. The van der Waals surface area contributed by atoms with E-state index in [9.17, 15) is 0 Å². The smallest absolute Gasteiger partial charge is 0.171 e. The molecule has 140 valence electrons. The third-order valence-electron chi connectivity index (χ3n) is 3.65. The van der Waals surface area contributed by atoms with E-state index < -0.39 is 0 Å². The van der Waals surface area contributed by atoms with Crippen molar-refractivity contribution in [2.45, 2.75) is 6.42 Å². The molecule has 27 heavy (non-hydrogen) atoms. The van der Waals surface area contributed by atoms with E-state index in [1.54, 1.807) is 12.2 Å². The van der Waals surface area contributed by atoms with Crippen molar-refractivity contribution >= 4 is 46.0 Å². The summed E-state index contributed by atoms with van der Waals surface area (Å²) in [6.45, 7) is 8.60. The van der Waals surface area contributed by atoms with E-state index >= 15 is 0 Å². The summed E-state index contributed by atoms with van der Waals surface area (Å²) in [5.74, 6) is 0. The molecule has 0 radical (unpaired) electrons. The van der Waals surface area contributed by atoms with Crippen molar-refractivity contribution in [2.75, 3.05) is 23.7 Å². The summed E-state index contributed by atoms with van der Waals surface area (Å²) in [5.41, 5.74) is 4.38. The van der Waals surface area contributed by atoms with Crippen LogP contribution in [0.2, 0.25) is 0 Å². The molecule has 4 N–H and O–H groups in total. The molecule has 0 atom stereocenters. The summed E-state index contributed by atoms with van der Waals surface area (Å²) >= 11 is 10.4. The third-order valence-corrected chi connectivity index (χ3v) is 4.14. The predicted molar refractivity (Wildman–Crippen MR) is 125 cm³/mol. The lowest BCUT2D eigenvalue weighted by atomic mass is 10.0. The van der Waals surface area contributed by atoms with Gasteiger partial charge in [0.25, 0.3) is 0 Å². The van der Waals surface area contributed by atoms with Crippen LogP contribution < -0.4 is 21.3 Å². The maximum atomic E-state index is 5.21. The maximum absolute atomic E-state index is 5.21. The van der Waals surface area contributed by atoms with Gasteiger partial charge < -0.3 is 21.3 Å². The molecular weight excluding hydrogens is 372 g/mol. The Bertz CT molecular complexity index is 715. The van der Waals surface area contributed by atoms with Crippen molar-refractivity contribution in [2.24, 2.45) is 0 Å². The van der Waals surface area contributed by atoms with Gasteiger partial charge >= 0.3 is 0 Å². The fraction of sp³-hybridized carbons (Fsp3) is 0.143. The van der Waals surface area contributed by atoms with E-state index in [0.717, 1.165) is 17.8 Å². The molecule has 0 aliphatic carbocycles. The van der Waals surface area contributed by atoms with Crippen molar-refractivity contribution in [3.63, 3.8) is 0 Å². The van der Waals surface area contributed by atoms with Gasteiger partial charge in [0.05, 0.1) is 0 Å². The van der Waals surface area contributed by atoms with Gasteiger partial charge in [-0.05, 0) is 66.2 Å². The van der Waals surface area contributed by atoms with E-state index in [2.05, 4.69) is 58.7 Å². The van der Waals surface area contributed by atoms with Crippen molar-refractivity contribution in [1.29, 1.82) is 0 Å². The first-order chi connectivity index (χ1) is 13.1. The molecule has 2 aromatic carbocycles. The second-order valence-electron chi connectivity index (χ2n) is 5.82. The van der Waals surface area contributed by atoms with Crippen LogP contribution in [0.5, 0.6) is 0 Å². The molecular formula is C21H24N4S2. The minimum Gasteiger partial charge on any atom is -0.359 e. The molecule has 4 nitrogen and oxygen atoms in total. The van der Waals surface area contributed by atoms with Crippen LogP contribution in [0.25, 0.3) is 0 Å². The lowest BCUT2D eigenvalue weighted by molar-refractivity contribution is 1.06. The van der Waals surface area contributed by atoms with E-state index in [-0.39, 0.29) is 0 Å². The second-order valence-corrected chi connectivity index (χ2v) is 6.63. The molecule has 2 rings (SSSR count). The van der Waals surface area contributed by atoms with Gasteiger partial charge in [-0.25, -0.2) is 0 Å². The topological polar surface area (TPSA) is 48.1 Å². The maximum Gasteiger partial charge on any atom is 0.171 e. The van der Waals surface area contributed by atoms with Crippen molar-refractivity contribution in [1.82, 2.24) is 10.6 Å². The summed E-state index contributed by atoms with van der Waals surface area (Å²) in [6.07, 6.45) is 4.39. The average Bonchev–Trinajstić information content (AvgIpc) is 2.68. The minimum absolute atomic E-state index is 0.589. The van der Waals surface area contributed by atoms with Crippen LogP contribution in [0.1, 0.15) is 11.1 Å². The molecule has 0 saturated carbocycles. The van der Waals surface area contributed by atoms with Crippen LogP contribution in [-0.2, 0) is 6.42 Å². The third kappa shape index (κ3) is 7.60. The number of nitrogens with one attached hydrogen (secondary N) is 4. The first kappa shape index (κ1) is 20.6. The molecule has 6 heteroatoms. The zero-order valence-corrected chi connectivity index (χ0v) is 16.8. The van der Waals surface area contributed by atoms with Crippen LogP contribution >= 0.6 is 24.4 Å². The van der Waals surface area contributed by atoms with Gasteiger partial charge in [-0.1, -0.05) is 36.4 Å². The molecule has 0 aromatic heterocycles. The largest absolute Gasteiger partial charge is 0.359 e. The average molecular weight is 397 g/mol. The molecule has 0 unspecified atom stereocenters. The summed E-state index contributed by atoms with van der Waals surface area (Å²) in [4.78, 5) is 0. The second kappa shape index (κ2) is 11.1. The zero-order valence-electron chi connectivity index (χ0n) is 15.1. The van der Waals surface area contributed by atoms with E-state index in [1.165, 1.54) is 11.1 Å². The lowest BCUT2D eigenvalue weighted by Crippen LogP contribution is -2.28. The highest BCUT2D eigenvalue weighted by molar-refractivity contribution is 7.80. The first-order valence-electron chi connectivity index (χ1n) is 8.60. The number of thiocarbonyl (C=S) groups is 2. The van der Waals surface area contributed by atoms with Crippen molar-refractivity contribution in [3.8, 4) is 0 Å². The van der Waals surface area contributed by atoms with Gasteiger partial charge in [-0.3, -0.25) is 0 Å². The predicted octanol–water partition coefficient (Wildman–Crippen LogP) is 4.22. The molecule has 0 bridgehead atoms. The van der Waals surface area contributed by atoms with Gasteiger partial charge in [-0.2, -0.15) is 0 Å². The Morgan fingerprint density at radius 2 is 1.07 bits per heavy atom. The summed E-state index contributed by atoms with van der Waals surface area (Å²) in [7, 11) is 0. The number of rotatable bonds is 8. The number of hydrogen-bond donors (Lipinski definition) is 4. The minimum atomic E-state index is 0.589. The molecule has 0 amide bonds. The molecule has 0 fully saturated rings. The van der Waals surface area contributed by atoms with Crippen LogP contribution in [0.4, 0.5) is 11.4 Å². The quantitative estimate of drug-likeness (QED) is 0.396. The summed E-state index contributed by atoms with van der Waals surface area (Å²) < 4.78 is 0. The van der Waals surface area contributed by atoms with Gasteiger partial charge in [0.1, 0.15) is 0 Å². The molecule has 0 aliphatic heterocycles. The van der Waals surface area contributed by atoms with Crippen LogP contribution in [0.15, 0.2) is 73.8 Å². The van der Waals surface area contributed by atoms with Crippen molar-refractivity contribution in [3.05, 3.63) is 85.0 Å². The Hall–Kier alpha value is -2.70. The number of benzene rings is 2. The molecule has 0 heterocycles. The highest BCUT2D eigenvalue weighted by atomic mass is 32.1. The fourth-order valence-electron chi connectivity index (χ4n) is 2.33.